The van der Waals surface area contributed by atoms with E-state index in [1.807, 2.05) is 19.9 Å². The van der Waals surface area contributed by atoms with E-state index in [1.54, 1.807) is 12.3 Å². The molecule has 1 N–H and O–H groups in total. The minimum atomic E-state index is -0.394. The van der Waals surface area contributed by atoms with E-state index in [-0.39, 0.29) is 12.3 Å². The van der Waals surface area contributed by atoms with E-state index >= 15 is 0 Å². The van der Waals surface area contributed by atoms with Gasteiger partial charge in [0.2, 0.25) is 5.91 Å². The highest BCUT2D eigenvalue weighted by Crippen LogP contribution is 2.28. The van der Waals surface area contributed by atoms with Crippen LogP contribution in [0.4, 0.5) is 0 Å². The number of aryl methyl sites for hydroxylation is 2. The molecule has 156 valence electrons. The average molecular weight is 399 g/mol. The Balaban J connectivity index is 1.61. The topological polar surface area (TPSA) is 81.7 Å². The van der Waals surface area contributed by atoms with Crippen molar-refractivity contribution >= 4 is 27.8 Å². The second-order valence-corrected chi connectivity index (χ2v) is 7.43. The standard InChI is InChI=1S/C23H29NO5/c1-4-5-10-27-11-6-9-24-22(25)8-7-17-16(3)19-12-18-15(2)14-28-20(18)13-21(19)29-23(17)26/h12-14H,4-11H2,1-3H3,(H,24,25). The number of ether oxygens (including phenoxy) is 1. The fourth-order valence-electron chi connectivity index (χ4n) is 3.40. The number of amides is 1. The van der Waals surface area contributed by atoms with E-state index in [2.05, 4.69) is 12.2 Å². The van der Waals surface area contributed by atoms with Crippen LogP contribution < -0.4 is 10.9 Å². The minimum Gasteiger partial charge on any atom is -0.464 e. The highest BCUT2D eigenvalue weighted by molar-refractivity contribution is 5.96. The van der Waals surface area contributed by atoms with E-state index in [9.17, 15) is 9.59 Å². The molecule has 0 saturated heterocycles. The first kappa shape index (κ1) is 21.1. The van der Waals surface area contributed by atoms with Crippen LogP contribution >= 0.6 is 0 Å². The molecular weight excluding hydrogens is 370 g/mol. The highest BCUT2D eigenvalue weighted by atomic mass is 16.5. The van der Waals surface area contributed by atoms with Crippen molar-refractivity contribution in [3.05, 3.63) is 45.5 Å². The van der Waals surface area contributed by atoms with Crippen molar-refractivity contribution in [2.45, 2.75) is 52.9 Å². The Bertz CT molecular complexity index is 1050. The van der Waals surface area contributed by atoms with Crippen molar-refractivity contribution < 1.29 is 18.4 Å². The summed E-state index contributed by atoms with van der Waals surface area (Å²) in [6.07, 6.45) is 5.26. The summed E-state index contributed by atoms with van der Waals surface area (Å²) in [7, 11) is 0. The molecule has 0 bridgehead atoms. The number of hydrogen-bond donors (Lipinski definition) is 1. The SMILES string of the molecule is CCCCOCCCNC(=O)CCc1c(C)c2cc3c(C)coc3cc2oc1=O. The Morgan fingerprint density at radius 1 is 1.10 bits per heavy atom. The molecule has 0 aliphatic carbocycles. The molecule has 0 unspecified atom stereocenters. The zero-order valence-corrected chi connectivity index (χ0v) is 17.4. The number of furan rings is 1. The molecule has 0 fully saturated rings. The summed E-state index contributed by atoms with van der Waals surface area (Å²) >= 11 is 0. The first-order chi connectivity index (χ1) is 14.0. The fraction of sp³-hybridized carbons (Fsp3) is 0.478. The summed E-state index contributed by atoms with van der Waals surface area (Å²) in [5.41, 5.74) is 3.25. The molecule has 0 aliphatic heterocycles. The lowest BCUT2D eigenvalue weighted by Gasteiger charge is -2.09. The number of nitrogens with one attached hydrogen (secondary N) is 1. The minimum absolute atomic E-state index is 0.0708. The van der Waals surface area contributed by atoms with Crippen molar-refractivity contribution in [2.75, 3.05) is 19.8 Å². The van der Waals surface area contributed by atoms with Gasteiger partial charge in [0.05, 0.1) is 6.26 Å². The first-order valence-electron chi connectivity index (χ1n) is 10.3. The molecule has 29 heavy (non-hydrogen) atoms. The van der Waals surface area contributed by atoms with Crippen molar-refractivity contribution in [1.29, 1.82) is 0 Å². The highest BCUT2D eigenvalue weighted by Gasteiger charge is 2.15. The molecular formula is C23H29NO5. The second kappa shape index (κ2) is 9.74. The third-order valence-corrected chi connectivity index (χ3v) is 5.21. The molecule has 2 heterocycles. The molecule has 6 heteroatoms. The van der Waals surface area contributed by atoms with E-state index in [1.165, 1.54) is 0 Å². The molecule has 0 aliphatic rings. The van der Waals surface area contributed by atoms with Gasteiger partial charge in [-0.15, -0.1) is 0 Å². The number of carbonyl (C=O) groups is 1. The van der Waals surface area contributed by atoms with Crippen LogP contribution in [0.5, 0.6) is 0 Å². The maximum absolute atomic E-state index is 12.4. The number of benzene rings is 1. The first-order valence-corrected chi connectivity index (χ1v) is 10.3. The Morgan fingerprint density at radius 2 is 1.90 bits per heavy atom. The lowest BCUT2D eigenvalue weighted by atomic mass is 10.0. The Labute approximate surface area is 170 Å². The average Bonchev–Trinajstić information content (AvgIpc) is 3.06. The van der Waals surface area contributed by atoms with Gasteiger partial charge in [-0.2, -0.15) is 0 Å². The van der Waals surface area contributed by atoms with Crippen LogP contribution in [0.15, 0.2) is 32.0 Å². The molecule has 2 aromatic heterocycles. The lowest BCUT2D eigenvalue weighted by Crippen LogP contribution is -2.26. The van der Waals surface area contributed by atoms with Gasteiger partial charge in [0.15, 0.2) is 0 Å². The van der Waals surface area contributed by atoms with Gasteiger partial charge in [-0.1, -0.05) is 13.3 Å². The Morgan fingerprint density at radius 3 is 2.69 bits per heavy atom. The zero-order valence-electron chi connectivity index (χ0n) is 17.4. The molecule has 0 atom stereocenters. The summed E-state index contributed by atoms with van der Waals surface area (Å²) in [6.45, 7) is 8.00. The third-order valence-electron chi connectivity index (χ3n) is 5.21. The summed E-state index contributed by atoms with van der Waals surface area (Å²) in [6, 6.07) is 3.75. The predicted octanol–water partition coefficient (Wildman–Crippen LogP) is 4.41. The largest absolute Gasteiger partial charge is 0.464 e. The summed E-state index contributed by atoms with van der Waals surface area (Å²) in [5.74, 6) is -0.0708. The molecule has 1 aromatic carbocycles. The molecule has 0 saturated carbocycles. The molecule has 0 spiro atoms. The van der Waals surface area contributed by atoms with Crippen molar-refractivity contribution in [1.82, 2.24) is 5.32 Å². The zero-order chi connectivity index (χ0) is 20.8. The number of carbonyl (C=O) groups excluding carboxylic acids is 1. The molecule has 0 radical (unpaired) electrons. The fourth-order valence-corrected chi connectivity index (χ4v) is 3.40. The van der Waals surface area contributed by atoms with Gasteiger partial charge in [-0.25, -0.2) is 4.79 Å². The van der Waals surface area contributed by atoms with Gasteiger partial charge in [0, 0.05) is 48.6 Å². The van der Waals surface area contributed by atoms with Crippen LogP contribution in [0, 0.1) is 13.8 Å². The summed E-state index contributed by atoms with van der Waals surface area (Å²) in [5, 5.41) is 4.76. The third kappa shape index (κ3) is 5.07. The number of unbranched alkanes of at least 4 members (excludes halogenated alkanes) is 1. The van der Waals surface area contributed by atoms with Gasteiger partial charge < -0.3 is 18.9 Å². The van der Waals surface area contributed by atoms with Crippen LogP contribution in [0.2, 0.25) is 0 Å². The number of fused-ring (bicyclic) bond motifs is 2. The van der Waals surface area contributed by atoms with Gasteiger partial charge >= 0.3 is 5.63 Å². The Kier molecular flexibility index (Phi) is 7.09. The van der Waals surface area contributed by atoms with Crippen LogP contribution in [-0.4, -0.2) is 25.7 Å². The Hall–Kier alpha value is -2.60. The van der Waals surface area contributed by atoms with Crippen molar-refractivity contribution in [2.24, 2.45) is 0 Å². The number of hydrogen-bond acceptors (Lipinski definition) is 5. The lowest BCUT2D eigenvalue weighted by molar-refractivity contribution is -0.121. The maximum Gasteiger partial charge on any atom is 0.339 e. The van der Waals surface area contributed by atoms with Gasteiger partial charge in [0.1, 0.15) is 11.2 Å². The summed E-state index contributed by atoms with van der Waals surface area (Å²) < 4.78 is 16.5. The van der Waals surface area contributed by atoms with E-state index in [0.717, 1.165) is 47.8 Å². The second-order valence-electron chi connectivity index (χ2n) is 7.43. The number of rotatable bonds is 10. The van der Waals surface area contributed by atoms with E-state index < -0.39 is 5.63 Å². The van der Waals surface area contributed by atoms with Crippen molar-refractivity contribution in [3.8, 4) is 0 Å². The molecule has 3 aromatic rings. The quantitative estimate of drug-likeness (QED) is 0.403. The van der Waals surface area contributed by atoms with Crippen molar-refractivity contribution in [3.63, 3.8) is 0 Å². The van der Waals surface area contributed by atoms with Crippen LogP contribution in [0.1, 0.15) is 49.3 Å². The molecule has 3 rings (SSSR count). The smallest absolute Gasteiger partial charge is 0.339 e. The predicted molar refractivity (Wildman–Crippen MR) is 113 cm³/mol. The van der Waals surface area contributed by atoms with E-state index in [0.29, 0.717) is 36.3 Å². The van der Waals surface area contributed by atoms with Crippen LogP contribution in [0.3, 0.4) is 0 Å². The van der Waals surface area contributed by atoms with E-state index in [4.69, 9.17) is 13.6 Å². The normalized spacial score (nSPS) is 11.4. The van der Waals surface area contributed by atoms with Gasteiger partial charge in [0.25, 0.3) is 0 Å². The van der Waals surface area contributed by atoms with Crippen LogP contribution in [0.25, 0.3) is 21.9 Å². The van der Waals surface area contributed by atoms with Gasteiger partial charge in [-0.3, -0.25) is 4.79 Å². The maximum atomic E-state index is 12.4. The summed E-state index contributed by atoms with van der Waals surface area (Å²) in [4.78, 5) is 24.6. The molecule has 1 amide bonds. The van der Waals surface area contributed by atoms with Gasteiger partial charge in [-0.05, 0) is 50.3 Å². The van der Waals surface area contributed by atoms with Crippen LogP contribution in [-0.2, 0) is 16.0 Å². The monoisotopic (exact) mass is 399 g/mol. The molecule has 6 nitrogen and oxygen atoms in total.